The van der Waals surface area contributed by atoms with Gasteiger partial charge in [0.2, 0.25) is 0 Å². The molecule has 4 nitrogen and oxygen atoms in total. The Hall–Kier alpha value is -6.65. The zero-order chi connectivity index (χ0) is 39.7. The molecule has 0 fully saturated rings. The van der Waals surface area contributed by atoms with Gasteiger partial charge in [0.15, 0.2) is 17.5 Å². The van der Waals surface area contributed by atoms with Crippen molar-refractivity contribution in [3.63, 3.8) is 0 Å². The molecule has 0 spiro atoms. The number of benzene rings is 6. The lowest BCUT2D eigenvalue weighted by Gasteiger charge is -2.22. The molecule has 0 unspecified atom stereocenters. The van der Waals surface area contributed by atoms with Crippen molar-refractivity contribution in [2.45, 2.75) is 52.4 Å². The maximum Gasteiger partial charge on any atom is 0.164 e. The van der Waals surface area contributed by atoms with E-state index in [1.807, 2.05) is 54.6 Å². The van der Waals surface area contributed by atoms with Gasteiger partial charge in [0.25, 0.3) is 0 Å². The van der Waals surface area contributed by atoms with Gasteiger partial charge in [-0.15, -0.1) is 0 Å². The van der Waals surface area contributed by atoms with Crippen molar-refractivity contribution < 1.29 is 0 Å². The van der Waals surface area contributed by atoms with E-state index in [0.29, 0.717) is 17.5 Å². The third-order valence-corrected chi connectivity index (χ3v) is 10.5. The first-order valence-electron chi connectivity index (χ1n) is 19.7. The fourth-order valence-electron chi connectivity index (χ4n) is 7.47. The fourth-order valence-corrected chi connectivity index (χ4v) is 7.47. The Morgan fingerprint density at radius 2 is 0.930 bits per heavy atom. The zero-order valence-corrected chi connectivity index (χ0v) is 33.7. The second-order valence-corrected chi connectivity index (χ2v) is 16.6. The Labute approximate surface area is 336 Å². The summed E-state index contributed by atoms with van der Waals surface area (Å²) in [6.45, 7) is 17.5. The summed E-state index contributed by atoms with van der Waals surface area (Å²) in [5.41, 5.74) is 12.2. The maximum atomic E-state index is 5.15. The lowest BCUT2D eigenvalue weighted by atomic mass is 9.85. The smallest absolute Gasteiger partial charge is 0.164 e. The van der Waals surface area contributed by atoms with Crippen molar-refractivity contribution in [2.75, 3.05) is 0 Å². The summed E-state index contributed by atoms with van der Waals surface area (Å²) in [5, 5.41) is 2.50. The van der Waals surface area contributed by atoms with Gasteiger partial charge < -0.3 is 4.57 Å². The van der Waals surface area contributed by atoms with E-state index in [4.69, 9.17) is 15.0 Å². The van der Waals surface area contributed by atoms with Gasteiger partial charge in [-0.3, -0.25) is 0 Å². The van der Waals surface area contributed by atoms with E-state index in [9.17, 15) is 0 Å². The predicted octanol–water partition coefficient (Wildman–Crippen LogP) is 14.0. The third kappa shape index (κ3) is 7.51. The van der Waals surface area contributed by atoms with Crippen LogP contribution in [0, 0.1) is 0 Å². The number of hydrogen-bond acceptors (Lipinski definition) is 3. The van der Waals surface area contributed by atoms with Crippen LogP contribution in [0.3, 0.4) is 0 Å². The van der Waals surface area contributed by atoms with E-state index < -0.39 is 0 Å². The predicted molar refractivity (Wildman–Crippen MR) is 242 cm³/mol. The highest BCUT2D eigenvalue weighted by molar-refractivity contribution is 6.11. The molecule has 8 rings (SSSR count). The zero-order valence-electron chi connectivity index (χ0n) is 33.7. The second kappa shape index (κ2) is 15.1. The minimum Gasteiger partial charge on any atom is -0.308 e. The van der Waals surface area contributed by atoms with Gasteiger partial charge in [0.05, 0.1) is 16.7 Å². The van der Waals surface area contributed by atoms with Crippen molar-refractivity contribution in [1.82, 2.24) is 19.5 Å². The van der Waals surface area contributed by atoms with Crippen molar-refractivity contribution in [1.29, 1.82) is 0 Å². The molecule has 2 aromatic heterocycles. The quantitative estimate of drug-likeness (QED) is 0.146. The van der Waals surface area contributed by atoms with Crippen molar-refractivity contribution in [2.24, 2.45) is 0 Å². The molecule has 57 heavy (non-hydrogen) atoms. The number of allylic oxidation sites excluding steroid dienone is 4. The van der Waals surface area contributed by atoms with Crippen LogP contribution in [0.5, 0.6) is 0 Å². The van der Waals surface area contributed by atoms with Crippen LogP contribution in [0.4, 0.5) is 0 Å². The molecule has 0 saturated carbocycles. The van der Waals surface area contributed by atoms with E-state index in [1.165, 1.54) is 21.9 Å². The number of nitrogens with zero attached hydrogens (tertiary/aromatic N) is 4. The van der Waals surface area contributed by atoms with E-state index in [-0.39, 0.29) is 10.8 Å². The molecule has 8 aromatic rings. The van der Waals surface area contributed by atoms with Gasteiger partial charge in [-0.05, 0) is 75.6 Å². The highest BCUT2D eigenvalue weighted by Gasteiger charge is 2.25. The summed E-state index contributed by atoms with van der Waals surface area (Å²) >= 11 is 0. The maximum absolute atomic E-state index is 5.15. The minimum absolute atomic E-state index is 0.00454. The van der Waals surface area contributed by atoms with Gasteiger partial charge in [0.1, 0.15) is 0 Å². The molecule has 0 radical (unpaired) electrons. The van der Waals surface area contributed by atoms with Crippen LogP contribution in [0.2, 0.25) is 0 Å². The van der Waals surface area contributed by atoms with Crippen molar-refractivity contribution in [3.05, 3.63) is 187 Å². The Balaban J connectivity index is 1.49. The normalized spacial score (nSPS) is 12.3. The van der Waals surface area contributed by atoms with Gasteiger partial charge in [-0.1, -0.05) is 176 Å². The molecule has 0 atom stereocenters. The van der Waals surface area contributed by atoms with Crippen LogP contribution < -0.4 is 0 Å². The standard InChI is InChI=1S/C53H48N4/c1-8-9-10-20-27-48-54-50(38-25-18-13-19-26-38)56-51(55-48)39-32-42(36-21-14-11-15-22-36)49(43(33-39)37-23-16-12-17-24-37)57-46-30-28-40(52(2,3)4)34-44(46)45-35-41(53(5,6)7)29-31-47(45)57/h8-35H,1H2,2-7H3/b10-9-,27-20+. The topological polar surface area (TPSA) is 43.6 Å². The van der Waals surface area contributed by atoms with E-state index >= 15 is 0 Å². The number of aromatic nitrogens is 4. The SMILES string of the molecule is C=C/C=C\C=C\c1nc(-c2ccccc2)nc(-c2cc(-c3ccccc3)c(-n3c4ccc(C(C)(C)C)cc4c4cc(C(C)(C)C)ccc43)c(-c3ccccc3)c2)n1. The van der Waals surface area contributed by atoms with Gasteiger partial charge in [-0.25, -0.2) is 15.0 Å². The molecular weight excluding hydrogens is 693 g/mol. The average molecular weight is 741 g/mol. The average Bonchev–Trinajstić information content (AvgIpc) is 3.55. The number of rotatable bonds is 8. The van der Waals surface area contributed by atoms with Gasteiger partial charge >= 0.3 is 0 Å². The summed E-state index contributed by atoms with van der Waals surface area (Å²) in [4.78, 5) is 15.1. The van der Waals surface area contributed by atoms with Crippen molar-refractivity contribution >= 4 is 27.9 Å². The van der Waals surface area contributed by atoms with Gasteiger partial charge in [0, 0.05) is 33.0 Å². The first-order valence-corrected chi connectivity index (χ1v) is 19.7. The van der Waals surface area contributed by atoms with Crippen LogP contribution in [0.1, 0.15) is 58.5 Å². The molecule has 280 valence electrons. The lowest BCUT2D eigenvalue weighted by molar-refractivity contribution is 0.590. The first-order chi connectivity index (χ1) is 27.5. The van der Waals surface area contributed by atoms with Crippen molar-refractivity contribution in [3.8, 4) is 50.7 Å². The Morgan fingerprint density at radius 1 is 0.474 bits per heavy atom. The molecule has 0 N–H and O–H groups in total. The molecule has 0 saturated heterocycles. The minimum atomic E-state index is -0.00454. The largest absolute Gasteiger partial charge is 0.308 e. The molecule has 2 heterocycles. The molecular formula is C53H48N4. The summed E-state index contributed by atoms with van der Waals surface area (Å²) in [6.07, 6.45) is 9.41. The number of hydrogen-bond donors (Lipinski definition) is 0. The molecule has 0 aliphatic carbocycles. The van der Waals surface area contributed by atoms with E-state index in [1.54, 1.807) is 6.08 Å². The molecule has 0 bridgehead atoms. The number of fused-ring (bicyclic) bond motifs is 3. The summed E-state index contributed by atoms with van der Waals surface area (Å²) in [7, 11) is 0. The summed E-state index contributed by atoms with van der Waals surface area (Å²) in [5.74, 6) is 1.79. The van der Waals surface area contributed by atoms with Crippen LogP contribution >= 0.6 is 0 Å². The third-order valence-electron chi connectivity index (χ3n) is 10.5. The molecule has 0 amide bonds. The van der Waals surface area contributed by atoms with Crippen LogP contribution in [-0.4, -0.2) is 19.5 Å². The Bertz CT molecular complexity index is 2660. The molecule has 4 heteroatoms. The van der Waals surface area contributed by atoms with Crippen LogP contribution in [0.15, 0.2) is 170 Å². The monoisotopic (exact) mass is 740 g/mol. The van der Waals surface area contributed by atoms with Gasteiger partial charge in [-0.2, -0.15) is 0 Å². The highest BCUT2D eigenvalue weighted by atomic mass is 15.0. The van der Waals surface area contributed by atoms with Crippen LogP contribution in [-0.2, 0) is 10.8 Å². The Kier molecular flexibility index (Phi) is 9.89. The molecule has 0 aliphatic rings. The van der Waals surface area contributed by atoms with Crippen LogP contribution in [0.25, 0.3) is 78.6 Å². The lowest BCUT2D eigenvalue weighted by Crippen LogP contribution is -2.10. The molecule has 0 aliphatic heterocycles. The first kappa shape index (κ1) is 37.3. The highest BCUT2D eigenvalue weighted by Crippen LogP contribution is 2.45. The van der Waals surface area contributed by atoms with E-state index in [2.05, 4.69) is 162 Å². The second-order valence-electron chi connectivity index (χ2n) is 16.6. The molecule has 6 aromatic carbocycles. The van der Waals surface area contributed by atoms with E-state index in [0.717, 1.165) is 50.1 Å². The fraction of sp³-hybridized carbons (Fsp3) is 0.151. The Morgan fingerprint density at radius 3 is 1.39 bits per heavy atom. The summed E-state index contributed by atoms with van der Waals surface area (Å²) in [6, 6.07) is 50.1. The summed E-state index contributed by atoms with van der Waals surface area (Å²) < 4.78 is 2.49.